The normalized spacial score (nSPS) is 10.3. The lowest BCUT2D eigenvalue weighted by Gasteiger charge is -2.08. The van der Waals surface area contributed by atoms with E-state index in [-0.39, 0.29) is 0 Å². The van der Waals surface area contributed by atoms with Gasteiger partial charge in [0.2, 0.25) is 0 Å². The van der Waals surface area contributed by atoms with Crippen molar-refractivity contribution >= 4 is 12.6 Å². The van der Waals surface area contributed by atoms with E-state index in [2.05, 4.69) is 22.6 Å². The van der Waals surface area contributed by atoms with Gasteiger partial charge in [-0.05, 0) is 18.2 Å². The van der Waals surface area contributed by atoms with Crippen molar-refractivity contribution in [1.82, 2.24) is 9.97 Å². The summed E-state index contributed by atoms with van der Waals surface area (Å²) in [5.74, 6) is 2.85. The summed E-state index contributed by atoms with van der Waals surface area (Å²) in [6.45, 7) is 0. The number of thiol groups is 1. The van der Waals surface area contributed by atoms with Crippen molar-refractivity contribution in [2.75, 3.05) is 14.2 Å². The molecule has 0 spiro atoms. The lowest BCUT2D eigenvalue weighted by Crippen LogP contribution is -1.91. The van der Waals surface area contributed by atoms with Crippen LogP contribution in [0.1, 0.15) is 5.82 Å². The number of rotatable bonds is 4. The van der Waals surface area contributed by atoms with E-state index in [4.69, 9.17) is 9.47 Å². The third kappa shape index (κ3) is 2.39. The van der Waals surface area contributed by atoms with Gasteiger partial charge in [0.25, 0.3) is 0 Å². The Hall–Kier alpha value is -1.62. The molecule has 0 saturated carbocycles. The fourth-order valence-electron chi connectivity index (χ4n) is 1.59. The molecule has 0 atom stereocenters. The third-order valence-electron chi connectivity index (χ3n) is 2.47. The number of nitrogens with zero attached hydrogens (tertiary/aromatic N) is 1. The second-order valence-electron chi connectivity index (χ2n) is 3.47. The van der Waals surface area contributed by atoms with Crippen molar-refractivity contribution < 1.29 is 9.47 Å². The summed E-state index contributed by atoms with van der Waals surface area (Å²) in [5, 5.41) is 0. The summed E-state index contributed by atoms with van der Waals surface area (Å²) in [5.41, 5.74) is 1.94. The van der Waals surface area contributed by atoms with Gasteiger partial charge < -0.3 is 14.5 Å². The van der Waals surface area contributed by atoms with Crippen LogP contribution in [-0.4, -0.2) is 24.2 Å². The molecule has 0 saturated heterocycles. The Morgan fingerprint density at radius 3 is 2.59 bits per heavy atom. The zero-order chi connectivity index (χ0) is 12.3. The number of H-pyrrole nitrogens is 1. The molecular formula is C12H14N2O2S. The van der Waals surface area contributed by atoms with Gasteiger partial charge in [-0.2, -0.15) is 12.6 Å². The van der Waals surface area contributed by atoms with Crippen LogP contribution in [0, 0.1) is 0 Å². The number of methoxy groups -OCH3 is 2. The van der Waals surface area contributed by atoms with E-state index in [9.17, 15) is 0 Å². The number of aromatic nitrogens is 2. The minimum Gasteiger partial charge on any atom is -0.493 e. The van der Waals surface area contributed by atoms with Gasteiger partial charge in [0, 0.05) is 11.3 Å². The van der Waals surface area contributed by atoms with Crippen molar-refractivity contribution in [2.24, 2.45) is 0 Å². The first kappa shape index (κ1) is 11.9. The van der Waals surface area contributed by atoms with Crippen molar-refractivity contribution in [2.45, 2.75) is 5.75 Å². The predicted octanol–water partition coefficient (Wildman–Crippen LogP) is 2.52. The Bertz CT molecular complexity index is 511. The van der Waals surface area contributed by atoms with Crippen LogP contribution in [0.4, 0.5) is 0 Å². The molecule has 1 heterocycles. The number of hydrogen-bond donors (Lipinski definition) is 2. The molecular weight excluding hydrogens is 236 g/mol. The largest absolute Gasteiger partial charge is 0.493 e. The van der Waals surface area contributed by atoms with Crippen LogP contribution in [-0.2, 0) is 5.75 Å². The molecule has 5 heteroatoms. The Kier molecular flexibility index (Phi) is 3.58. The molecule has 2 aromatic rings. The van der Waals surface area contributed by atoms with Gasteiger partial charge in [-0.25, -0.2) is 4.98 Å². The van der Waals surface area contributed by atoms with Gasteiger partial charge in [-0.1, -0.05) is 0 Å². The second kappa shape index (κ2) is 5.14. The number of nitrogens with one attached hydrogen (secondary N) is 1. The lowest BCUT2D eigenvalue weighted by atomic mass is 10.1. The van der Waals surface area contributed by atoms with E-state index in [1.165, 1.54) is 0 Å². The molecule has 1 aromatic heterocycles. The van der Waals surface area contributed by atoms with Gasteiger partial charge in [-0.3, -0.25) is 0 Å². The summed E-state index contributed by atoms with van der Waals surface area (Å²) in [6.07, 6.45) is 1.78. The zero-order valence-electron chi connectivity index (χ0n) is 9.73. The molecule has 17 heavy (non-hydrogen) atoms. The molecule has 0 aliphatic heterocycles. The highest BCUT2D eigenvalue weighted by atomic mass is 32.1. The maximum absolute atomic E-state index is 5.26. The van der Waals surface area contributed by atoms with Gasteiger partial charge in [-0.15, -0.1) is 0 Å². The third-order valence-corrected chi connectivity index (χ3v) is 2.77. The smallest absolute Gasteiger partial charge is 0.161 e. The molecule has 0 amide bonds. The maximum atomic E-state index is 5.26. The van der Waals surface area contributed by atoms with Crippen LogP contribution in [0.3, 0.4) is 0 Å². The molecule has 0 radical (unpaired) electrons. The topological polar surface area (TPSA) is 47.1 Å². The molecule has 0 unspecified atom stereocenters. The SMILES string of the molecule is COc1ccc(-c2cnc(CS)[nH]2)cc1OC. The Balaban J connectivity index is 2.38. The van der Waals surface area contributed by atoms with Crippen LogP contribution in [0.5, 0.6) is 11.5 Å². The van der Waals surface area contributed by atoms with E-state index >= 15 is 0 Å². The minimum atomic E-state index is 0.591. The van der Waals surface area contributed by atoms with E-state index in [1.807, 2.05) is 18.2 Å². The zero-order valence-corrected chi connectivity index (χ0v) is 10.6. The van der Waals surface area contributed by atoms with Crippen LogP contribution in [0.25, 0.3) is 11.3 Å². The molecule has 1 N–H and O–H groups in total. The Morgan fingerprint density at radius 1 is 1.24 bits per heavy atom. The fourth-order valence-corrected chi connectivity index (χ4v) is 1.75. The van der Waals surface area contributed by atoms with Crippen molar-refractivity contribution in [1.29, 1.82) is 0 Å². The van der Waals surface area contributed by atoms with Gasteiger partial charge in [0.1, 0.15) is 5.82 Å². The molecule has 4 nitrogen and oxygen atoms in total. The van der Waals surface area contributed by atoms with E-state index < -0.39 is 0 Å². The highest BCUT2D eigenvalue weighted by molar-refractivity contribution is 7.79. The summed E-state index contributed by atoms with van der Waals surface area (Å²) >= 11 is 4.17. The summed E-state index contributed by atoms with van der Waals surface area (Å²) < 4.78 is 10.4. The molecule has 0 fully saturated rings. The van der Waals surface area contributed by atoms with E-state index in [1.54, 1.807) is 20.4 Å². The number of benzene rings is 1. The van der Waals surface area contributed by atoms with E-state index in [0.717, 1.165) is 17.1 Å². The molecule has 2 rings (SSSR count). The average Bonchev–Trinajstić information content (AvgIpc) is 2.86. The Labute approximate surface area is 105 Å². The summed E-state index contributed by atoms with van der Waals surface area (Å²) in [6, 6.07) is 5.74. The standard InChI is InChI=1S/C12H14N2O2S/c1-15-10-4-3-8(5-11(10)16-2)9-6-13-12(7-17)14-9/h3-6,17H,7H2,1-2H3,(H,13,14). The second-order valence-corrected chi connectivity index (χ2v) is 3.79. The Morgan fingerprint density at radius 2 is 2.00 bits per heavy atom. The molecule has 0 bridgehead atoms. The number of ether oxygens (including phenoxy) is 2. The van der Waals surface area contributed by atoms with Crippen LogP contribution in [0.15, 0.2) is 24.4 Å². The quantitative estimate of drug-likeness (QED) is 0.820. The van der Waals surface area contributed by atoms with Gasteiger partial charge in [0.15, 0.2) is 11.5 Å². The molecule has 90 valence electrons. The predicted molar refractivity (Wildman–Crippen MR) is 69.8 cm³/mol. The van der Waals surface area contributed by atoms with Crippen LogP contribution in [0.2, 0.25) is 0 Å². The maximum Gasteiger partial charge on any atom is 0.161 e. The summed E-state index contributed by atoms with van der Waals surface area (Å²) in [7, 11) is 3.24. The molecule has 0 aliphatic rings. The summed E-state index contributed by atoms with van der Waals surface area (Å²) in [4.78, 5) is 7.39. The molecule has 0 aliphatic carbocycles. The first-order valence-corrected chi connectivity index (χ1v) is 5.79. The van der Waals surface area contributed by atoms with Crippen molar-refractivity contribution in [3.8, 4) is 22.8 Å². The van der Waals surface area contributed by atoms with E-state index in [0.29, 0.717) is 17.3 Å². The van der Waals surface area contributed by atoms with Crippen LogP contribution >= 0.6 is 12.6 Å². The first-order chi connectivity index (χ1) is 8.28. The first-order valence-electron chi connectivity index (χ1n) is 5.15. The number of hydrogen-bond acceptors (Lipinski definition) is 4. The number of imidazole rings is 1. The highest BCUT2D eigenvalue weighted by Gasteiger charge is 2.07. The highest BCUT2D eigenvalue weighted by Crippen LogP contribution is 2.31. The lowest BCUT2D eigenvalue weighted by molar-refractivity contribution is 0.355. The van der Waals surface area contributed by atoms with Gasteiger partial charge >= 0.3 is 0 Å². The fraction of sp³-hybridized carbons (Fsp3) is 0.250. The monoisotopic (exact) mass is 250 g/mol. The average molecular weight is 250 g/mol. The van der Waals surface area contributed by atoms with Crippen molar-refractivity contribution in [3.63, 3.8) is 0 Å². The number of aromatic amines is 1. The van der Waals surface area contributed by atoms with Crippen molar-refractivity contribution in [3.05, 3.63) is 30.2 Å². The minimum absolute atomic E-state index is 0.591. The van der Waals surface area contributed by atoms with Crippen LogP contribution < -0.4 is 9.47 Å². The molecule has 1 aromatic carbocycles. The van der Waals surface area contributed by atoms with Gasteiger partial charge in [0.05, 0.1) is 26.1 Å².